The topological polar surface area (TPSA) is 75.6 Å². The largest absolute Gasteiger partial charge is 0.482 e. The number of nitrogens with one attached hydrogen (secondary N) is 1. The number of ether oxygens (including phenoxy) is 1. The normalized spacial score (nSPS) is 10.2. The fourth-order valence-corrected chi connectivity index (χ4v) is 2.92. The maximum absolute atomic E-state index is 11.6. The van der Waals surface area contributed by atoms with Gasteiger partial charge in [0.1, 0.15) is 5.75 Å². The van der Waals surface area contributed by atoms with E-state index in [0.29, 0.717) is 6.54 Å². The molecule has 0 aliphatic carbocycles. The molecule has 2 heterocycles. The lowest BCUT2D eigenvalue weighted by molar-refractivity contribution is -0.123. The molecule has 0 atom stereocenters. The van der Waals surface area contributed by atoms with Gasteiger partial charge in [-0.3, -0.25) is 4.79 Å². The molecule has 2 aromatic rings. The smallest absolute Gasteiger partial charge is 0.349 e. The second-order valence-electron chi connectivity index (χ2n) is 3.89. The standard InChI is InChI=1S/C13H13NO4S2/c15-11(14-5-3-9-2-1-6-19-9)8-18-10-4-7-20-12(10)13(16)17/h1-2,4,6-7H,3,5,8H2,(H,14,15)(H,16,17). The van der Waals surface area contributed by atoms with Gasteiger partial charge in [0.2, 0.25) is 0 Å². The van der Waals surface area contributed by atoms with Crippen molar-refractivity contribution < 1.29 is 19.4 Å². The van der Waals surface area contributed by atoms with Crippen LogP contribution in [-0.2, 0) is 11.2 Å². The van der Waals surface area contributed by atoms with E-state index < -0.39 is 5.97 Å². The molecule has 0 aliphatic rings. The van der Waals surface area contributed by atoms with Gasteiger partial charge in [-0.05, 0) is 29.3 Å². The van der Waals surface area contributed by atoms with Crippen LogP contribution in [-0.4, -0.2) is 30.1 Å². The number of carboxylic acid groups (broad SMARTS) is 1. The molecular formula is C13H13NO4S2. The molecule has 0 radical (unpaired) electrons. The molecule has 2 rings (SSSR count). The van der Waals surface area contributed by atoms with Gasteiger partial charge in [0.25, 0.3) is 5.91 Å². The van der Waals surface area contributed by atoms with Gasteiger partial charge < -0.3 is 15.2 Å². The highest BCUT2D eigenvalue weighted by Gasteiger charge is 2.13. The highest BCUT2D eigenvalue weighted by atomic mass is 32.1. The second kappa shape index (κ2) is 7.06. The minimum absolute atomic E-state index is 0.108. The fourth-order valence-electron chi connectivity index (χ4n) is 1.54. The summed E-state index contributed by atoms with van der Waals surface area (Å²) in [6.07, 6.45) is 0.780. The zero-order chi connectivity index (χ0) is 14.4. The lowest BCUT2D eigenvalue weighted by atomic mass is 10.3. The minimum Gasteiger partial charge on any atom is -0.482 e. The summed E-state index contributed by atoms with van der Waals surface area (Å²) in [5.74, 6) is -1.08. The second-order valence-corrected chi connectivity index (χ2v) is 5.84. The Balaban J connectivity index is 1.72. The van der Waals surface area contributed by atoms with E-state index >= 15 is 0 Å². The van der Waals surface area contributed by atoms with Crippen molar-refractivity contribution in [3.8, 4) is 5.75 Å². The molecular weight excluding hydrogens is 298 g/mol. The molecule has 0 unspecified atom stereocenters. The van der Waals surface area contributed by atoms with Gasteiger partial charge in [0.15, 0.2) is 11.5 Å². The van der Waals surface area contributed by atoms with E-state index in [4.69, 9.17) is 9.84 Å². The Kier molecular flexibility index (Phi) is 5.14. The van der Waals surface area contributed by atoms with Gasteiger partial charge in [0, 0.05) is 11.4 Å². The first-order valence-electron chi connectivity index (χ1n) is 5.89. The number of amides is 1. The summed E-state index contributed by atoms with van der Waals surface area (Å²) in [5, 5.41) is 15.2. The Labute approximate surface area is 123 Å². The van der Waals surface area contributed by atoms with Crippen molar-refractivity contribution in [2.75, 3.05) is 13.2 Å². The van der Waals surface area contributed by atoms with Crippen LogP contribution in [0.5, 0.6) is 5.75 Å². The molecule has 106 valence electrons. The number of thiophene rings is 2. The number of hydrogen-bond donors (Lipinski definition) is 2. The van der Waals surface area contributed by atoms with Gasteiger partial charge in [-0.25, -0.2) is 4.79 Å². The van der Waals surface area contributed by atoms with E-state index in [1.807, 2.05) is 17.5 Å². The first kappa shape index (κ1) is 14.5. The number of aromatic carboxylic acids is 1. The summed E-state index contributed by atoms with van der Waals surface area (Å²) in [6, 6.07) is 5.53. The third-order valence-electron chi connectivity index (χ3n) is 2.46. The molecule has 0 spiro atoms. The van der Waals surface area contributed by atoms with Crippen LogP contribution in [0.3, 0.4) is 0 Å². The molecule has 5 nitrogen and oxygen atoms in total. The van der Waals surface area contributed by atoms with Gasteiger partial charge in [-0.2, -0.15) is 0 Å². The summed E-state index contributed by atoms with van der Waals surface area (Å²) in [7, 11) is 0. The maximum Gasteiger partial charge on any atom is 0.349 e. The Morgan fingerprint density at radius 3 is 2.80 bits per heavy atom. The summed E-state index contributed by atoms with van der Waals surface area (Å²) >= 11 is 2.72. The van der Waals surface area contributed by atoms with Gasteiger partial charge >= 0.3 is 5.97 Å². The first-order chi connectivity index (χ1) is 9.66. The van der Waals surface area contributed by atoms with Crippen LogP contribution in [0, 0.1) is 0 Å². The van der Waals surface area contributed by atoms with Crippen molar-refractivity contribution in [3.63, 3.8) is 0 Å². The Morgan fingerprint density at radius 1 is 1.25 bits per heavy atom. The lowest BCUT2D eigenvalue weighted by Crippen LogP contribution is -2.30. The third-order valence-corrected chi connectivity index (χ3v) is 4.28. The van der Waals surface area contributed by atoms with Crippen molar-refractivity contribution >= 4 is 34.6 Å². The molecule has 1 amide bonds. The van der Waals surface area contributed by atoms with E-state index in [1.54, 1.807) is 22.8 Å². The molecule has 0 bridgehead atoms. The monoisotopic (exact) mass is 311 g/mol. The van der Waals surface area contributed by atoms with Crippen LogP contribution in [0.2, 0.25) is 0 Å². The van der Waals surface area contributed by atoms with Crippen molar-refractivity contribution in [2.24, 2.45) is 0 Å². The van der Waals surface area contributed by atoms with E-state index in [0.717, 1.165) is 17.8 Å². The van der Waals surface area contributed by atoms with E-state index in [2.05, 4.69) is 5.32 Å². The molecule has 0 aromatic carbocycles. The molecule has 0 saturated heterocycles. The van der Waals surface area contributed by atoms with Crippen molar-refractivity contribution in [3.05, 3.63) is 38.7 Å². The summed E-state index contributed by atoms with van der Waals surface area (Å²) in [4.78, 5) is 23.7. The number of carbonyl (C=O) groups is 2. The predicted molar refractivity (Wildman–Crippen MR) is 77.8 cm³/mol. The predicted octanol–water partition coefficient (Wildman–Crippen LogP) is 2.25. The van der Waals surface area contributed by atoms with Gasteiger partial charge in [-0.15, -0.1) is 22.7 Å². The van der Waals surface area contributed by atoms with Gasteiger partial charge in [0.05, 0.1) is 0 Å². The van der Waals surface area contributed by atoms with E-state index in [1.165, 1.54) is 4.88 Å². The summed E-state index contributed by atoms with van der Waals surface area (Å²) < 4.78 is 5.21. The first-order valence-corrected chi connectivity index (χ1v) is 7.65. The molecule has 0 saturated carbocycles. The quantitative estimate of drug-likeness (QED) is 0.822. The Bertz CT molecular complexity index is 577. The van der Waals surface area contributed by atoms with Crippen LogP contribution in [0.15, 0.2) is 29.0 Å². The summed E-state index contributed by atoms with van der Waals surface area (Å²) in [6.45, 7) is 0.361. The van der Waals surface area contributed by atoms with Crippen molar-refractivity contribution in [2.45, 2.75) is 6.42 Å². The average molecular weight is 311 g/mol. The van der Waals surface area contributed by atoms with Crippen LogP contribution in [0.1, 0.15) is 14.5 Å². The lowest BCUT2D eigenvalue weighted by Gasteiger charge is -2.06. The van der Waals surface area contributed by atoms with Crippen LogP contribution < -0.4 is 10.1 Å². The van der Waals surface area contributed by atoms with Crippen molar-refractivity contribution in [1.29, 1.82) is 0 Å². The highest BCUT2D eigenvalue weighted by molar-refractivity contribution is 7.12. The van der Waals surface area contributed by atoms with Crippen LogP contribution in [0.25, 0.3) is 0 Å². The molecule has 0 aliphatic heterocycles. The van der Waals surface area contributed by atoms with Crippen molar-refractivity contribution in [1.82, 2.24) is 5.32 Å². The highest BCUT2D eigenvalue weighted by Crippen LogP contribution is 2.24. The zero-order valence-electron chi connectivity index (χ0n) is 10.5. The Hall–Kier alpha value is -1.86. The molecule has 2 N–H and O–H groups in total. The van der Waals surface area contributed by atoms with E-state index in [-0.39, 0.29) is 23.1 Å². The zero-order valence-corrected chi connectivity index (χ0v) is 12.1. The number of carbonyl (C=O) groups excluding carboxylic acids is 1. The Morgan fingerprint density at radius 2 is 2.10 bits per heavy atom. The summed E-state index contributed by atoms with van der Waals surface area (Å²) in [5.41, 5.74) is 0. The molecule has 20 heavy (non-hydrogen) atoms. The molecule has 7 heteroatoms. The fraction of sp³-hybridized carbons (Fsp3) is 0.231. The van der Waals surface area contributed by atoms with Gasteiger partial charge in [-0.1, -0.05) is 6.07 Å². The van der Waals surface area contributed by atoms with Crippen LogP contribution >= 0.6 is 22.7 Å². The number of hydrogen-bond acceptors (Lipinski definition) is 5. The molecule has 0 fully saturated rings. The number of rotatable bonds is 7. The minimum atomic E-state index is -1.05. The van der Waals surface area contributed by atoms with E-state index in [9.17, 15) is 9.59 Å². The maximum atomic E-state index is 11.6. The number of carboxylic acids is 1. The third kappa shape index (κ3) is 4.07. The average Bonchev–Trinajstić information content (AvgIpc) is 3.07. The van der Waals surface area contributed by atoms with Crippen LogP contribution in [0.4, 0.5) is 0 Å². The molecule has 2 aromatic heterocycles. The SMILES string of the molecule is O=C(COc1ccsc1C(=O)O)NCCc1cccs1.